The smallest absolute Gasteiger partial charge is 0.214 e. The number of nitrogens with two attached hydrogens (primary N) is 1. The summed E-state index contributed by atoms with van der Waals surface area (Å²) in [4.78, 5) is 4.39. The molecule has 98 valence electrons. The molecule has 1 aromatic carbocycles. The first-order valence-electron chi connectivity index (χ1n) is 6.25. The van der Waals surface area contributed by atoms with Gasteiger partial charge in [0, 0.05) is 26.2 Å². The van der Waals surface area contributed by atoms with Gasteiger partial charge < -0.3 is 15.5 Å². The second-order valence-corrected chi connectivity index (χ2v) is 4.69. The molecular formula is C13H21N5. The summed E-state index contributed by atoms with van der Waals surface area (Å²) in [6.45, 7) is 5.97. The Balaban J connectivity index is 1.95. The van der Waals surface area contributed by atoms with Crippen molar-refractivity contribution < 1.29 is 0 Å². The molecule has 18 heavy (non-hydrogen) atoms. The van der Waals surface area contributed by atoms with Crippen LogP contribution in [0.15, 0.2) is 29.4 Å². The summed E-state index contributed by atoms with van der Waals surface area (Å²) >= 11 is 0. The lowest BCUT2D eigenvalue weighted by molar-refractivity contribution is 0.214. The number of piperazine rings is 1. The molecule has 1 aliphatic rings. The van der Waals surface area contributed by atoms with Crippen LogP contribution in [0.4, 0.5) is 5.69 Å². The van der Waals surface area contributed by atoms with Crippen LogP contribution in [0.1, 0.15) is 5.56 Å². The van der Waals surface area contributed by atoms with Crippen molar-refractivity contribution in [2.24, 2.45) is 10.8 Å². The van der Waals surface area contributed by atoms with E-state index in [1.165, 1.54) is 0 Å². The number of benzene rings is 1. The fourth-order valence-corrected chi connectivity index (χ4v) is 1.92. The molecule has 0 unspecified atom stereocenters. The third-order valence-electron chi connectivity index (χ3n) is 3.26. The number of para-hydroxylation sites is 1. The van der Waals surface area contributed by atoms with Gasteiger partial charge in [0.1, 0.15) is 0 Å². The van der Waals surface area contributed by atoms with Crippen LogP contribution in [-0.4, -0.2) is 49.0 Å². The number of hydrogen-bond acceptors (Lipinski definition) is 3. The fraction of sp³-hybridized carbons (Fsp3) is 0.462. The summed E-state index contributed by atoms with van der Waals surface area (Å²) in [5, 5.41) is 4.26. The van der Waals surface area contributed by atoms with Gasteiger partial charge in [0.15, 0.2) is 0 Å². The van der Waals surface area contributed by atoms with E-state index in [0.717, 1.165) is 37.4 Å². The molecule has 1 heterocycles. The highest BCUT2D eigenvalue weighted by Gasteiger charge is 2.15. The molecule has 0 aliphatic carbocycles. The summed E-state index contributed by atoms with van der Waals surface area (Å²) < 4.78 is 0. The predicted molar refractivity (Wildman–Crippen MR) is 75.5 cm³/mol. The fourth-order valence-electron chi connectivity index (χ4n) is 1.92. The van der Waals surface area contributed by atoms with Crippen molar-refractivity contribution in [3.05, 3.63) is 29.8 Å². The van der Waals surface area contributed by atoms with E-state index in [1.54, 1.807) is 0 Å². The number of hydrogen-bond donors (Lipinski definition) is 2. The largest absolute Gasteiger partial charge is 0.368 e. The van der Waals surface area contributed by atoms with Crippen LogP contribution >= 0.6 is 0 Å². The SMILES string of the molecule is Cc1ccccc1N/N=C(\N)N1CCN(C)CC1. The lowest BCUT2D eigenvalue weighted by Gasteiger charge is -2.32. The van der Waals surface area contributed by atoms with Crippen molar-refractivity contribution in [1.82, 2.24) is 9.80 Å². The standard InChI is InChI=1S/C13H21N5/c1-11-5-3-4-6-12(11)15-16-13(14)18-9-7-17(2)8-10-18/h3-6,15H,7-10H2,1-2H3,(H2,14,16). The van der Waals surface area contributed by atoms with E-state index >= 15 is 0 Å². The van der Waals surface area contributed by atoms with Gasteiger partial charge in [-0.15, -0.1) is 5.10 Å². The molecule has 0 atom stereocenters. The highest BCUT2D eigenvalue weighted by atomic mass is 15.4. The number of nitrogens with zero attached hydrogens (tertiary/aromatic N) is 3. The zero-order valence-electron chi connectivity index (χ0n) is 11.1. The average molecular weight is 247 g/mol. The zero-order valence-corrected chi connectivity index (χ0v) is 11.1. The quantitative estimate of drug-likeness (QED) is 0.463. The van der Waals surface area contributed by atoms with Crippen molar-refractivity contribution in [3.63, 3.8) is 0 Å². The normalized spacial score (nSPS) is 17.9. The van der Waals surface area contributed by atoms with E-state index < -0.39 is 0 Å². The molecule has 3 N–H and O–H groups in total. The number of likely N-dealkylation sites (N-methyl/N-ethyl adjacent to an activating group) is 1. The second kappa shape index (κ2) is 5.73. The maximum Gasteiger partial charge on any atom is 0.214 e. The summed E-state index contributed by atoms with van der Waals surface area (Å²) in [7, 11) is 2.12. The molecule has 1 fully saturated rings. The van der Waals surface area contributed by atoms with Gasteiger partial charge in [0.2, 0.25) is 5.96 Å². The van der Waals surface area contributed by atoms with E-state index in [-0.39, 0.29) is 0 Å². The molecule has 1 saturated heterocycles. The van der Waals surface area contributed by atoms with Crippen LogP contribution in [0.3, 0.4) is 0 Å². The highest BCUT2D eigenvalue weighted by Crippen LogP contribution is 2.12. The van der Waals surface area contributed by atoms with Gasteiger partial charge in [0.05, 0.1) is 5.69 Å². The average Bonchev–Trinajstić information content (AvgIpc) is 2.38. The second-order valence-electron chi connectivity index (χ2n) is 4.69. The molecule has 0 amide bonds. The third kappa shape index (κ3) is 3.13. The molecule has 5 heteroatoms. The lowest BCUT2D eigenvalue weighted by Crippen LogP contribution is -2.50. The van der Waals surface area contributed by atoms with E-state index in [2.05, 4.69) is 27.4 Å². The van der Waals surface area contributed by atoms with Gasteiger partial charge in [-0.3, -0.25) is 5.43 Å². The van der Waals surface area contributed by atoms with Crippen molar-refractivity contribution in [2.75, 3.05) is 38.7 Å². The van der Waals surface area contributed by atoms with Crippen LogP contribution in [0.2, 0.25) is 0 Å². The molecule has 0 spiro atoms. The van der Waals surface area contributed by atoms with Crippen molar-refractivity contribution in [2.45, 2.75) is 6.92 Å². The lowest BCUT2D eigenvalue weighted by atomic mass is 10.2. The van der Waals surface area contributed by atoms with Gasteiger partial charge in [0.25, 0.3) is 0 Å². The molecule has 1 aromatic rings. The summed E-state index contributed by atoms with van der Waals surface area (Å²) in [5.74, 6) is 0.561. The molecule has 0 aromatic heterocycles. The zero-order chi connectivity index (χ0) is 13.0. The minimum Gasteiger partial charge on any atom is -0.368 e. The van der Waals surface area contributed by atoms with E-state index in [0.29, 0.717) is 5.96 Å². The maximum atomic E-state index is 5.99. The first-order valence-corrected chi connectivity index (χ1v) is 6.25. The van der Waals surface area contributed by atoms with Gasteiger partial charge in [-0.1, -0.05) is 18.2 Å². The highest BCUT2D eigenvalue weighted by molar-refractivity contribution is 5.79. The molecule has 0 radical (unpaired) electrons. The van der Waals surface area contributed by atoms with Gasteiger partial charge in [-0.05, 0) is 25.6 Å². The van der Waals surface area contributed by atoms with Crippen molar-refractivity contribution in [1.29, 1.82) is 0 Å². The third-order valence-corrected chi connectivity index (χ3v) is 3.26. The minimum absolute atomic E-state index is 0.561. The molecule has 5 nitrogen and oxygen atoms in total. The van der Waals surface area contributed by atoms with E-state index in [9.17, 15) is 0 Å². The number of guanidine groups is 1. The van der Waals surface area contributed by atoms with Gasteiger partial charge in [-0.25, -0.2) is 0 Å². The monoisotopic (exact) mass is 247 g/mol. The summed E-state index contributed by atoms with van der Waals surface area (Å²) in [5.41, 5.74) is 11.2. The number of hydrazone groups is 1. The number of rotatable bonds is 2. The molecule has 2 rings (SSSR count). The Morgan fingerprint density at radius 3 is 2.56 bits per heavy atom. The van der Waals surface area contributed by atoms with Crippen molar-refractivity contribution in [3.8, 4) is 0 Å². The summed E-state index contributed by atoms with van der Waals surface area (Å²) in [6.07, 6.45) is 0. The molecular weight excluding hydrogens is 226 g/mol. The summed E-state index contributed by atoms with van der Waals surface area (Å²) in [6, 6.07) is 8.03. The Bertz CT molecular complexity index is 421. The van der Waals surface area contributed by atoms with Crippen LogP contribution in [0, 0.1) is 6.92 Å². The van der Waals surface area contributed by atoms with Gasteiger partial charge >= 0.3 is 0 Å². The maximum absolute atomic E-state index is 5.99. The van der Waals surface area contributed by atoms with E-state index in [4.69, 9.17) is 5.73 Å². The van der Waals surface area contributed by atoms with Crippen LogP contribution < -0.4 is 11.2 Å². The Hall–Kier alpha value is -1.75. The molecule has 0 saturated carbocycles. The van der Waals surface area contributed by atoms with Crippen LogP contribution in [0.5, 0.6) is 0 Å². The Kier molecular flexibility index (Phi) is 4.04. The van der Waals surface area contributed by atoms with E-state index in [1.807, 2.05) is 31.2 Å². The number of aryl methyl sites for hydroxylation is 1. The topological polar surface area (TPSA) is 56.9 Å². The van der Waals surface area contributed by atoms with Crippen molar-refractivity contribution >= 4 is 11.6 Å². The number of anilines is 1. The first kappa shape index (κ1) is 12.7. The number of nitrogens with one attached hydrogen (secondary N) is 1. The van der Waals surface area contributed by atoms with Gasteiger partial charge in [-0.2, -0.15) is 0 Å². The predicted octanol–water partition coefficient (Wildman–Crippen LogP) is 0.884. The Morgan fingerprint density at radius 1 is 1.22 bits per heavy atom. The Morgan fingerprint density at radius 2 is 1.89 bits per heavy atom. The minimum atomic E-state index is 0.561. The van der Waals surface area contributed by atoms with Crippen LogP contribution in [0.25, 0.3) is 0 Å². The Labute approximate surface area is 108 Å². The first-order chi connectivity index (χ1) is 8.66. The molecule has 0 bridgehead atoms. The molecule has 1 aliphatic heterocycles. The van der Waals surface area contributed by atoms with Crippen LogP contribution in [-0.2, 0) is 0 Å².